The van der Waals surface area contributed by atoms with Crippen molar-refractivity contribution in [2.45, 2.75) is 13.0 Å². The zero-order chi connectivity index (χ0) is 21.4. The molecule has 4 atom stereocenters. The fourth-order valence-corrected chi connectivity index (χ4v) is 5.66. The van der Waals surface area contributed by atoms with Crippen LogP contribution in [0.5, 0.6) is 0 Å². The second-order valence-corrected chi connectivity index (χ2v) is 8.92. The number of carbonyl (C=O) groups is 2. The van der Waals surface area contributed by atoms with Gasteiger partial charge in [0.15, 0.2) is 11.5 Å². The molecule has 0 N–H and O–H groups in total. The summed E-state index contributed by atoms with van der Waals surface area (Å²) in [5.41, 5.74) is 3.44. The van der Waals surface area contributed by atoms with Crippen LogP contribution in [0.4, 0.5) is 0 Å². The molecule has 0 radical (unpaired) electrons. The molecule has 7 nitrogen and oxygen atoms in total. The molecule has 4 aromatic rings. The Kier molecular flexibility index (Phi) is 3.51. The average Bonchev–Trinajstić information content (AvgIpc) is 3.59. The van der Waals surface area contributed by atoms with Crippen molar-refractivity contribution in [3.63, 3.8) is 0 Å². The predicted molar refractivity (Wildman–Crippen MR) is 117 cm³/mol. The normalized spacial score (nSPS) is 26.1. The van der Waals surface area contributed by atoms with Crippen LogP contribution in [-0.2, 0) is 16.1 Å². The van der Waals surface area contributed by atoms with Crippen LogP contribution in [-0.4, -0.2) is 36.3 Å². The smallest absolute Gasteiger partial charge is 0.234 e. The number of hydrogen-bond acceptors (Lipinski definition) is 5. The fraction of sp³-hybridized carbons (Fsp3) is 0.240. The number of aromatic nitrogens is 4. The quantitative estimate of drug-likeness (QED) is 0.375. The van der Waals surface area contributed by atoms with Crippen LogP contribution < -0.4 is 0 Å². The molecule has 0 spiro atoms. The molecule has 2 amide bonds. The highest BCUT2D eigenvalue weighted by atomic mass is 16.2. The molecule has 7 heteroatoms. The predicted octanol–water partition coefficient (Wildman–Crippen LogP) is 3.25. The molecule has 2 aromatic carbocycles. The van der Waals surface area contributed by atoms with Crippen LogP contribution in [0.2, 0.25) is 0 Å². The third-order valence-corrected chi connectivity index (χ3v) is 7.20. The summed E-state index contributed by atoms with van der Waals surface area (Å²) in [5, 5.41) is 5.52. The van der Waals surface area contributed by atoms with Crippen LogP contribution in [0.25, 0.3) is 27.9 Å². The van der Waals surface area contributed by atoms with E-state index < -0.39 is 0 Å². The van der Waals surface area contributed by atoms with Crippen molar-refractivity contribution in [3.05, 3.63) is 72.6 Å². The molecule has 3 heterocycles. The van der Waals surface area contributed by atoms with Gasteiger partial charge in [-0.25, -0.2) is 14.5 Å². The Morgan fingerprint density at radius 2 is 1.62 bits per heavy atom. The van der Waals surface area contributed by atoms with E-state index in [9.17, 15) is 9.59 Å². The fourth-order valence-electron chi connectivity index (χ4n) is 5.66. The molecule has 0 unspecified atom stereocenters. The third-order valence-electron chi connectivity index (χ3n) is 7.20. The van der Waals surface area contributed by atoms with Crippen molar-refractivity contribution in [2.75, 3.05) is 0 Å². The lowest BCUT2D eigenvalue weighted by atomic mass is 9.85. The third kappa shape index (κ3) is 2.39. The average molecular weight is 421 g/mol. The van der Waals surface area contributed by atoms with Gasteiger partial charge in [0.25, 0.3) is 0 Å². The minimum absolute atomic E-state index is 0.0117. The Labute approximate surface area is 183 Å². The zero-order valence-electron chi connectivity index (χ0n) is 17.1. The van der Waals surface area contributed by atoms with Gasteiger partial charge in [0.2, 0.25) is 11.8 Å². The maximum atomic E-state index is 12.9. The van der Waals surface area contributed by atoms with Crippen LogP contribution >= 0.6 is 0 Å². The Morgan fingerprint density at radius 1 is 0.906 bits per heavy atom. The van der Waals surface area contributed by atoms with Gasteiger partial charge in [-0.3, -0.25) is 14.5 Å². The first-order valence-corrected chi connectivity index (χ1v) is 10.9. The molecule has 32 heavy (non-hydrogen) atoms. The number of carbonyl (C=O) groups excluding carboxylic acids is 2. The Bertz CT molecular complexity index is 1420. The molecule has 2 aromatic heterocycles. The van der Waals surface area contributed by atoms with E-state index in [0.29, 0.717) is 12.4 Å². The lowest BCUT2D eigenvalue weighted by Crippen LogP contribution is -2.32. The van der Waals surface area contributed by atoms with Gasteiger partial charge in [0.05, 0.1) is 23.9 Å². The van der Waals surface area contributed by atoms with Crippen molar-refractivity contribution >= 4 is 28.4 Å². The molecule has 156 valence electrons. The van der Waals surface area contributed by atoms with Gasteiger partial charge in [0.1, 0.15) is 6.33 Å². The van der Waals surface area contributed by atoms with E-state index >= 15 is 0 Å². The second-order valence-electron chi connectivity index (χ2n) is 8.92. The number of fused-ring (bicyclic) bond motifs is 8. The van der Waals surface area contributed by atoms with E-state index in [1.54, 1.807) is 10.8 Å². The minimum Gasteiger partial charge on any atom is -0.278 e. The molecule has 1 saturated heterocycles. The van der Waals surface area contributed by atoms with E-state index in [1.807, 2.05) is 48.5 Å². The van der Waals surface area contributed by atoms with Crippen LogP contribution in [0.15, 0.2) is 67.0 Å². The molecule has 1 saturated carbocycles. The molecule has 2 fully saturated rings. The summed E-state index contributed by atoms with van der Waals surface area (Å²) in [7, 11) is 0. The summed E-state index contributed by atoms with van der Waals surface area (Å²) in [4.78, 5) is 36.5. The minimum atomic E-state index is -0.151. The number of nitrogens with zero attached hydrogens (tertiary/aromatic N) is 5. The highest BCUT2D eigenvalue weighted by molar-refractivity contribution is 6.06. The monoisotopic (exact) mass is 421 g/mol. The second kappa shape index (κ2) is 6.32. The highest BCUT2D eigenvalue weighted by Crippen LogP contribution is 2.52. The van der Waals surface area contributed by atoms with Gasteiger partial charge in [0, 0.05) is 10.9 Å². The highest BCUT2D eigenvalue weighted by Gasteiger charge is 2.59. The lowest BCUT2D eigenvalue weighted by molar-refractivity contribution is -0.141. The summed E-state index contributed by atoms with van der Waals surface area (Å²) < 4.78 is 1.69. The van der Waals surface area contributed by atoms with E-state index in [-0.39, 0.29) is 35.5 Å². The standard InChI is InChI=1S/C25H19N5O2/c31-24-20-16-9-10-17(11-16)21(20)25(32)29(24)12-14-5-7-15(8-6-14)22-27-23-18-3-1-2-4-19(18)26-13-30(23)28-22/h1-10,13,16-17,20-21H,11-12H2/t16-,17-,20-,21+/m0/s1. The summed E-state index contributed by atoms with van der Waals surface area (Å²) in [6.07, 6.45) is 6.87. The van der Waals surface area contributed by atoms with Gasteiger partial charge in [-0.2, -0.15) is 0 Å². The van der Waals surface area contributed by atoms with Crippen molar-refractivity contribution in [2.24, 2.45) is 23.7 Å². The number of benzene rings is 2. The number of amides is 2. The Balaban J connectivity index is 1.16. The van der Waals surface area contributed by atoms with Crippen molar-refractivity contribution in [1.29, 1.82) is 0 Å². The summed E-state index contributed by atoms with van der Waals surface area (Å²) >= 11 is 0. The van der Waals surface area contributed by atoms with Crippen molar-refractivity contribution in [3.8, 4) is 11.4 Å². The maximum absolute atomic E-state index is 12.9. The van der Waals surface area contributed by atoms with E-state index in [0.717, 1.165) is 34.1 Å². The van der Waals surface area contributed by atoms with Crippen molar-refractivity contribution < 1.29 is 9.59 Å². The van der Waals surface area contributed by atoms with Gasteiger partial charge in [-0.15, -0.1) is 5.10 Å². The first-order valence-electron chi connectivity index (χ1n) is 10.9. The maximum Gasteiger partial charge on any atom is 0.234 e. The number of likely N-dealkylation sites (tertiary alicyclic amines) is 1. The first kappa shape index (κ1) is 17.8. The summed E-state index contributed by atoms with van der Waals surface area (Å²) in [5.74, 6) is 0.760. The van der Waals surface area contributed by atoms with E-state index in [2.05, 4.69) is 22.2 Å². The van der Waals surface area contributed by atoms with Crippen LogP contribution in [0.3, 0.4) is 0 Å². The zero-order valence-corrected chi connectivity index (χ0v) is 17.1. The Hall–Kier alpha value is -3.87. The van der Waals surface area contributed by atoms with E-state index in [4.69, 9.17) is 4.98 Å². The van der Waals surface area contributed by atoms with Gasteiger partial charge in [-0.1, -0.05) is 48.6 Å². The SMILES string of the molecule is O=C1[C@@H]2[C@H](C(=O)N1Cc1ccc(-c3nc4c5ccccc5ncn4n3)cc1)[C@H]1C=C[C@H]2C1. The summed E-state index contributed by atoms with van der Waals surface area (Å²) in [6.45, 7) is 0.317. The number of hydrogen-bond donors (Lipinski definition) is 0. The van der Waals surface area contributed by atoms with E-state index in [1.165, 1.54) is 4.90 Å². The molecule has 2 aliphatic carbocycles. The van der Waals surface area contributed by atoms with Gasteiger partial charge in [-0.05, 0) is 36.0 Å². The van der Waals surface area contributed by atoms with Crippen LogP contribution in [0.1, 0.15) is 12.0 Å². The topological polar surface area (TPSA) is 80.5 Å². The largest absolute Gasteiger partial charge is 0.278 e. The number of imide groups is 1. The summed E-state index contributed by atoms with van der Waals surface area (Å²) in [6, 6.07) is 15.6. The number of rotatable bonds is 3. The molecule has 3 aliphatic rings. The molecule has 1 aliphatic heterocycles. The molecular weight excluding hydrogens is 402 g/mol. The molecule has 7 rings (SSSR count). The van der Waals surface area contributed by atoms with Crippen LogP contribution in [0, 0.1) is 23.7 Å². The first-order chi connectivity index (χ1) is 15.7. The number of allylic oxidation sites excluding steroid dienone is 2. The van der Waals surface area contributed by atoms with Gasteiger partial charge < -0.3 is 0 Å². The number of para-hydroxylation sites is 1. The van der Waals surface area contributed by atoms with Crippen molar-refractivity contribution in [1.82, 2.24) is 24.5 Å². The lowest BCUT2D eigenvalue weighted by Gasteiger charge is -2.17. The molecule has 2 bridgehead atoms. The van der Waals surface area contributed by atoms with Gasteiger partial charge >= 0.3 is 0 Å². The molecular formula is C25H19N5O2. The Morgan fingerprint density at radius 3 is 2.38 bits per heavy atom.